The average Bonchev–Trinajstić information content (AvgIpc) is 2.75. The Bertz CT molecular complexity index is 390. The summed E-state index contributed by atoms with van der Waals surface area (Å²) in [6.07, 6.45) is 2.02. The molecule has 0 fully saturated rings. The number of carbonyl (C=O) groups excluding carboxylic acids is 1. The molecule has 0 atom stereocenters. The summed E-state index contributed by atoms with van der Waals surface area (Å²) in [4.78, 5) is 14.8. The molecule has 1 heterocycles. The zero-order chi connectivity index (χ0) is 13.5. The Hall–Kier alpha value is -1.23. The van der Waals surface area contributed by atoms with Crippen LogP contribution >= 0.6 is 11.3 Å². The van der Waals surface area contributed by atoms with Crippen LogP contribution in [0.3, 0.4) is 0 Å². The summed E-state index contributed by atoms with van der Waals surface area (Å²) in [7, 11) is 0. The summed E-state index contributed by atoms with van der Waals surface area (Å²) in [6.45, 7) is 8.91. The molecule has 0 bridgehead atoms. The third kappa shape index (κ3) is 3.63. The van der Waals surface area contributed by atoms with E-state index in [2.05, 4.69) is 24.1 Å². The van der Waals surface area contributed by atoms with Gasteiger partial charge >= 0.3 is 0 Å². The predicted octanol–water partition coefficient (Wildman–Crippen LogP) is 2.71. The molecule has 1 rings (SSSR count). The van der Waals surface area contributed by atoms with Crippen molar-refractivity contribution in [1.29, 1.82) is 0 Å². The van der Waals surface area contributed by atoms with Crippen molar-refractivity contribution in [3.63, 3.8) is 0 Å². The van der Waals surface area contributed by atoms with Crippen LogP contribution in [0, 0.1) is 0 Å². The smallest absolute Gasteiger partial charge is 0.263 e. The van der Waals surface area contributed by atoms with E-state index in [1.54, 1.807) is 0 Å². The number of nitrogens with two attached hydrogens (primary N) is 1. The molecule has 1 amide bonds. The molecule has 4 nitrogen and oxygen atoms in total. The van der Waals surface area contributed by atoms with E-state index >= 15 is 0 Å². The molecular weight excluding hydrogens is 246 g/mol. The number of nitrogen functional groups attached to an aromatic ring is 1. The van der Waals surface area contributed by atoms with Crippen LogP contribution in [0.1, 0.15) is 43.3 Å². The number of hydrogen-bond acceptors (Lipinski definition) is 4. The van der Waals surface area contributed by atoms with E-state index in [0.717, 1.165) is 30.9 Å². The molecule has 0 aliphatic heterocycles. The molecule has 102 valence electrons. The van der Waals surface area contributed by atoms with Gasteiger partial charge in [-0.05, 0) is 25.8 Å². The lowest BCUT2D eigenvalue weighted by Crippen LogP contribution is -2.24. The maximum Gasteiger partial charge on any atom is 0.263 e. The first-order chi connectivity index (χ1) is 8.63. The fraction of sp³-hybridized carbons (Fsp3) is 0.615. The lowest BCUT2D eigenvalue weighted by molar-refractivity contribution is 0.0958. The molecule has 18 heavy (non-hydrogen) atoms. The number of rotatable bonds is 7. The zero-order valence-corrected chi connectivity index (χ0v) is 12.3. The van der Waals surface area contributed by atoms with Crippen molar-refractivity contribution in [3.8, 4) is 0 Å². The van der Waals surface area contributed by atoms with Crippen molar-refractivity contribution in [2.45, 2.75) is 33.6 Å². The van der Waals surface area contributed by atoms with Gasteiger partial charge in [0.1, 0.15) is 4.88 Å². The molecule has 0 spiro atoms. The summed E-state index contributed by atoms with van der Waals surface area (Å²) in [5.41, 5.74) is 6.51. The SMILES string of the molecule is CCCNC(=O)c1sc(N(CC)CCC)cc1N. The minimum atomic E-state index is -0.0573. The first-order valence-electron chi connectivity index (χ1n) is 6.56. The van der Waals surface area contributed by atoms with Crippen LogP contribution in [0.25, 0.3) is 0 Å². The molecule has 0 radical (unpaired) electrons. The van der Waals surface area contributed by atoms with Crippen molar-refractivity contribution in [3.05, 3.63) is 10.9 Å². The number of hydrogen-bond donors (Lipinski definition) is 2. The van der Waals surface area contributed by atoms with E-state index in [-0.39, 0.29) is 5.91 Å². The van der Waals surface area contributed by atoms with E-state index in [0.29, 0.717) is 17.1 Å². The summed E-state index contributed by atoms with van der Waals surface area (Å²) < 4.78 is 0. The largest absolute Gasteiger partial charge is 0.397 e. The second-order valence-electron chi connectivity index (χ2n) is 4.20. The van der Waals surface area contributed by atoms with Crippen molar-refractivity contribution in [2.75, 3.05) is 30.3 Å². The third-order valence-corrected chi connectivity index (χ3v) is 3.89. The van der Waals surface area contributed by atoms with Crippen LogP contribution in [0.4, 0.5) is 10.7 Å². The van der Waals surface area contributed by atoms with Gasteiger partial charge in [-0.3, -0.25) is 4.79 Å². The molecule has 0 aliphatic carbocycles. The highest BCUT2D eigenvalue weighted by Gasteiger charge is 2.16. The van der Waals surface area contributed by atoms with Crippen LogP contribution in [0.5, 0.6) is 0 Å². The number of anilines is 2. The molecule has 5 heteroatoms. The quantitative estimate of drug-likeness (QED) is 0.800. The van der Waals surface area contributed by atoms with Gasteiger partial charge in [0.15, 0.2) is 0 Å². The minimum absolute atomic E-state index is 0.0573. The molecule has 0 aromatic carbocycles. The van der Waals surface area contributed by atoms with E-state index < -0.39 is 0 Å². The zero-order valence-electron chi connectivity index (χ0n) is 11.5. The van der Waals surface area contributed by atoms with Gasteiger partial charge in [-0.1, -0.05) is 13.8 Å². The van der Waals surface area contributed by atoms with Crippen molar-refractivity contribution < 1.29 is 4.79 Å². The number of amides is 1. The van der Waals surface area contributed by atoms with E-state index in [1.165, 1.54) is 11.3 Å². The number of thiophene rings is 1. The fourth-order valence-electron chi connectivity index (χ4n) is 1.74. The van der Waals surface area contributed by atoms with Crippen LogP contribution in [-0.2, 0) is 0 Å². The highest BCUT2D eigenvalue weighted by atomic mass is 32.1. The van der Waals surface area contributed by atoms with E-state index in [1.807, 2.05) is 13.0 Å². The first kappa shape index (κ1) is 14.8. The van der Waals surface area contributed by atoms with Gasteiger partial charge in [0.2, 0.25) is 0 Å². The Balaban J connectivity index is 2.83. The molecule has 0 unspecified atom stereocenters. The minimum Gasteiger partial charge on any atom is -0.397 e. The molecule has 3 N–H and O–H groups in total. The van der Waals surface area contributed by atoms with Crippen molar-refractivity contribution >= 4 is 27.9 Å². The molecular formula is C13H23N3OS. The summed E-state index contributed by atoms with van der Waals surface area (Å²) in [5.74, 6) is -0.0573. The molecule has 0 aliphatic rings. The predicted molar refractivity (Wildman–Crippen MR) is 79.5 cm³/mol. The van der Waals surface area contributed by atoms with Crippen molar-refractivity contribution in [2.24, 2.45) is 0 Å². The normalized spacial score (nSPS) is 10.4. The van der Waals surface area contributed by atoms with Crippen molar-refractivity contribution in [1.82, 2.24) is 5.32 Å². The van der Waals surface area contributed by atoms with Crippen LogP contribution in [-0.4, -0.2) is 25.5 Å². The molecule has 0 saturated heterocycles. The molecule has 1 aromatic rings. The molecule has 1 aromatic heterocycles. The van der Waals surface area contributed by atoms with Gasteiger partial charge in [-0.15, -0.1) is 11.3 Å². The van der Waals surface area contributed by atoms with Gasteiger partial charge < -0.3 is 16.0 Å². The Morgan fingerprint density at radius 3 is 2.67 bits per heavy atom. The highest BCUT2D eigenvalue weighted by Crippen LogP contribution is 2.32. The maximum absolute atomic E-state index is 11.9. The fourth-order valence-corrected chi connectivity index (χ4v) is 2.82. The maximum atomic E-state index is 11.9. The van der Waals surface area contributed by atoms with Gasteiger partial charge in [0.05, 0.1) is 10.7 Å². The van der Waals surface area contributed by atoms with Gasteiger partial charge in [-0.25, -0.2) is 0 Å². The van der Waals surface area contributed by atoms with E-state index in [9.17, 15) is 4.79 Å². The van der Waals surface area contributed by atoms with E-state index in [4.69, 9.17) is 5.73 Å². The van der Waals surface area contributed by atoms with Crippen LogP contribution < -0.4 is 16.0 Å². The van der Waals surface area contributed by atoms with Gasteiger partial charge in [-0.2, -0.15) is 0 Å². The van der Waals surface area contributed by atoms with Crippen LogP contribution in [0.15, 0.2) is 6.07 Å². The van der Waals surface area contributed by atoms with Crippen LogP contribution in [0.2, 0.25) is 0 Å². The Kier molecular flexibility index (Phi) is 5.98. The summed E-state index contributed by atoms with van der Waals surface area (Å²) in [5, 5.41) is 3.95. The summed E-state index contributed by atoms with van der Waals surface area (Å²) in [6, 6.07) is 1.91. The first-order valence-corrected chi connectivity index (χ1v) is 7.38. The Labute approximate surface area is 113 Å². The third-order valence-electron chi connectivity index (χ3n) is 2.68. The second-order valence-corrected chi connectivity index (χ2v) is 5.24. The lowest BCUT2D eigenvalue weighted by atomic mass is 10.3. The second kappa shape index (κ2) is 7.26. The Morgan fingerprint density at radius 2 is 2.11 bits per heavy atom. The topological polar surface area (TPSA) is 58.4 Å². The number of nitrogens with one attached hydrogen (secondary N) is 1. The monoisotopic (exact) mass is 269 g/mol. The Morgan fingerprint density at radius 1 is 1.39 bits per heavy atom. The van der Waals surface area contributed by atoms with Gasteiger partial charge in [0, 0.05) is 19.6 Å². The summed E-state index contributed by atoms with van der Waals surface area (Å²) >= 11 is 1.48. The average molecular weight is 269 g/mol. The lowest BCUT2D eigenvalue weighted by Gasteiger charge is -2.19. The molecule has 0 saturated carbocycles. The standard InChI is InChI=1S/C13H23N3OS/c1-4-7-15-13(17)12-10(14)9-11(18-12)16(6-3)8-5-2/h9H,4-8,14H2,1-3H3,(H,15,17). The van der Waals surface area contributed by atoms with Gasteiger partial charge in [0.25, 0.3) is 5.91 Å². The highest BCUT2D eigenvalue weighted by molar-refractivity contribution is 7.18. The number of carbonyl (C=O) groups is 1. The number of nitrogens with zero attached hydrogens (tertiary/aromatic N) is 1.